The third-order valence-corrected chi connectivity index (χ3v) is 3.72. The van der Waals surface area contributed by atoms with Crippen molar-refractivity contribution in [3.8, 4) is 0 Å². The van der Waals surface area contributed by atoms with Crippen molar-refractivity contribution in [1.29, 1.82) is 0 Å². The number of benzene rings is 1. The summed E-state index contributed by atoms with van der Waals surface area (Å²) < 4.78 is 0. The Morgan fingerprint density at radius 2 is 2.00 bits per heavy atom. The Kier molecular flexibility index (Phi) is 4.67. The fourth-order valence-electron chi connectivity index (χ4n) is 1.64. The Labute approximate surface area is 95.9 Å². The SMILES string of the molecule is CCC(CBr)Cc1cc(C)ccc1C. The summed E-state index contributed by atoms with van der Waals surface area (Å²) in [6, 6.07) is 6.74. The zero-order chi connectivity index (χ0) is 10.6. The van der Waals surface area contributed by atoms with E-state index in [1.165, 1.54) is 29.5 Å². The highest BCUT2D eigenvalue weighted by Gasteiger charge is 2.07. The number of halogens is 1. The van der Waals surface area contributed by atoms with Crippen LogP contribution in [0.2, 0.25) is 0 Å². The molecular formula is C13H19Br. The predicted octanol–water partition coefficient (Wildman–Crippen LogP) is 4.27. The van der Waals surface area contributed by atoms with Crippen molar-refractivity contribution in [2.45, 2.75) is 33.6 Å². The minimum atomic E-state index is 0.774. The van der Waals surface area contributed by atoms with Gasteiger partial charge in [-0.1, -0.05) is 53.0 Å². The summed E-state index contributed by atoms with van der Waals surface area (Å²) >= 11 is 3.58. The topological polar surface area (TPSA) is 0 Å². The summed E-state index contributed by atoms with van der Waals surface area (Å²) in [6.07, 6.45) is 2.45. The largest absolute Gasteiger partial charge is 0.0925 e. The van der Waals surface area contributed by atoms with Gasteiger partial charge in [-0.3, -0.25) is 0 Å². The van der Waals surface area contributed by atoms with Crippen LogP contribution in [0, 0.1) is 19.8 Å². The fourth-order valence-corrected chi connectivity index (χ4v) is 2.33. The van der Waals surface area contributed by atoms with Gasteiger partial charge in [0.1, 0.15) is 0 Å². The van der Waals surface area contributed by atoms with Crippen LogP contribution in [0.15, 0.2) is 18.2 Å². The standard InChI is InChI=1S/C13H19Br/c1-4-12(9-14)8-13-7-10(2)5-6-11(13)3/h5-7,12H,4,8-9H2,1-3H3. The van der Waals surface area contributed by atoms with Crippen molar-refractivity contribution in [2.75, 3.05) is 5.33 Å². The van der Waals surface area contributed by atoms with E-state index in [2.05, 4.69) is 54.9 Å². The molecule has 0 bridgehead atoms. The lowest BCUT2D eigenvalue weighted by Crippen LogP contribution is -2.06. The van der Waals surface area contributed by atoms with E-state index < -0.39 is 0 Å². The van der Waals surface area contributed by atoms with Crippen LogP contribution in [0.3, 0.4) is 0 Å². The molecule has 0 aliphatic carbocycles. The van der Waals surface area contributed by atoms with Gasteiger partial charge < -0.3 is 0 Å². The molecule has 0 amide bonds. The molecule has 0 saturated carbocycles. The van der Waals surface area contributed by atoms with E-state index in [9.17, 15) is 0 Å². The van der Waals surface area contributed by atoms with Crippen molar-refractivity contribution < 1.29 is 0 Å². The number of alkyl halides is 1. The lowest BCUT2D eigenvalue weighted by molar-refractivity contribution is 0.572. The molecule has 0 fully saturated rings. The molecule has 0 nitrogen and oxygen atoms in total. The monoisotopic (exact) mass is 254 g/mol. The van der Waals surface area contributed by atoms with Crippen LogP contribution in [-0.2, 0) is 6.42 Å². The summed E-state index contributed by atoms with van der Waals surface area (Å²) in [5.41, 5.74) is 4.31. The number of hydrogen-bond donors (Lipinski definition) is 0. The second kappa shape index (κ2) is 5.55. The van der Waals surface area contributed by atoms with Crippen LogP contribution in [0.1, 0.15) is 30.0 Å². The van der Waals surface area contributed by atoms with Crippen molar-refractivity contribution >= 4 is 15.9 Å². The molecule has 1 aromatic carbocycles. The molecule has 0 aliphatic rings. The fraction of sp³-hybridized carbons (Fsp3) is 0.538. The highest BCUT2D eigenvalue weighted by atomic mass is 79.9. The quantitative estimate of drug-likeness (QED) is 0.705. The second-order valence-electron chi connectivity index (χ2n) is 4.06. The van der Waals surface area contributed by atoms with Crippen LogP contribution in [-0.4, -0.2) is 5.33 Å². The molecule has 78 valence electrons. The number of hydrogen-bond acceptors (Lipinski definition) is 0. The van der Waals surface area contributed by atoms with E-state index in [1.807, 2.05) is 0 Å². The van der Waals surface area contributed by atoms with E-state index in [0.29, 0.717) is 0 Å². The van der Waals surface area contributed by atoms with Crippen molar-refractivity contribution in [2.24, 2.45) is 5.92 Å². The molecule has 0 heterocycles. The van der Waals surface area contributed by atoms with Crippen molar-refractivity contribution in [3.05, 3.63) is 34.9 Å². The van der Waals surface area contributed by atoms with Crippen molar-refractivity contribution in [1.82, 2.24) is 0 Å². The zero-order valence-corrected chi connectivity index (χ0v) is 10.9. The molecule has 0 spiro atoms. The number of aryl methyl sites for hydroxylation is 2. The Hall–Kier alpha value is -0.300. The third kappa shape index (κ3) is 3.13. The third-order valence-electron chi connectivity index (χ3n) is 2.81. The molecule has 0 saturated heterocycles. The first kappa shape index (κ1) is 11.8. The van der Waals surface area contributed by atoms with Crippen LogP contribution in [0.25, 0.3) is 0 Å². The minimum absolute atomic E-state index is 0.774. The first-order valence-corrected chi connectivity index (χ1v) is 6.41. The van der Waals surface area contributed by atoms with E-state index in [4.69, 9.17) is 0 Å². The summed E-state index contributed by atoms with van der Waals surface area (Å²) in [7, 11) is 0. The van der Waals surface area contributed by atoms with E-state index >= 15 is 0 Å². The van der Waals surface area contributed by atoms with Crippen LogP contribution < -0.4 is 0 Å². The van der Waals surface area contributed by atoms with Gasteiger partial charge in [-0.2, -0.15) is 0 Å². The maximum Gasteiger partial charge on any atom is 0.00627 e. The van der Waals surface area contributed by atoms with Gasteiger partial charge in [0.05, 0.1) is 0 Å². The summed E-state index contributed by atoms with van der Waals surface area (Å²) in [5.74, 6) is 0.774. The maximum atomic E-state index is 3.58. The number of rotatable bonds is 4. The summed E-state index contributed by atoms with van der Waals surface area (Å²) in [5, 5.41) is 1.11. The van der Waals surface area contributed by atoms with Gasteiger partial charge in [0, 0.05) is 5.33 Å². The Bertz CT molecular complexity index is 287. The molecule has 0 aromatic heterocycles. The Morgan fingerprint density at radius 1 is 1.29 bits per heavy atom. The lowest BCUT2D eigenvalue weighted by atomic mass is 9.94. The Morgan fingerprint density at radius 3 is 2.57 bits per heavy atom. The van der Waals surface area contributed by atoms with Gasteiger partial charge in [0.15, 0.2) is 0 Å². The van der Waals surface area contributed by atoms with Crippen LogP contribution in [0.4, 0.5) is 0 Å². The van der Waals surface area contributed by atoms with Gasteiger partial charge in [-0.05, 0) is 37.3 Å². The zero-order valence-electron chi connectivity index (χ0n) is 9.31. The van der Waals surface area contributed by atoms with Crippen LogP contribution >= 0.6 is 15.9 Å². The van der Waals surface area contributed by atoms with Gasteiger partial charge in [0.2, 0.25) is 0 Å². The summed E-state index contributed by atoms with van der Waals surface area (Å²) in [4.78, 5) is 0. The normalized spacial score (nSPS) is 12.9. The predicted molar refractivity (Wildman–Crippen MR) is 67.2 cm³/mol. The Balaban J connectivity index is 2.79. The molecule has 0 radical (unpaired) electrons. The first-order chi connectivity index (χ1) is 6.67. The average Bonchev–Trinajstić information content (AvgIpc) is 2.19. The van der Waals surface area contributed by atoms with E-state index in [-0.39, 0.29) is 0 Å². The molecule has 1 atom stereocenters. The maximum absolute atomic E-state index is 3.58. The molecule has 1 heteroatoms. The second-order valence-corrected chi connectivity index (χ2v) is 4.71. The highest BCUT2D eigenvalue weighted by Crippen LogP contribution is 2.18. The average molecular weight is 255 g/mol. The van der Waals surface area contributed by atoms with Crippen molar-refractivity contribution in [3.63, 3.8) is 0 Å². The molecule has 14 heavy (non-hydrogen) atoms. The van der Waals surface area contributed by atoms with E-state index in [1.54, 1.807) is 0 Å². The van der Waals surface area contributed by atoms with Gasteiger partial charge in [-0.25, -0.2) is 0 Å². The van der Waals surface area contributed by atoms with Gasteiger partial charge >= 0.3 is 0 Å². The smallest absolute Gasteiger partial charge is 0.00627 e. The minimum Gasteiger partial charge on any atom is -0.0925 e. The first-order valence-electron chi connectivity index (χ1n) is 5.29. The molecule has 0 aliphatic heterocycles. The molecule has 0 N–H and O–H groups in total. The van der Waals surface area contributed by atoms with E-state index in [0.717, 1.165) is 11.2 Å². The molecule has 1 rings (SSSR count). The van der Waals surface area contributed by atoms with Crippen LogP contribution in [0.5, 0.6) is 0 Å². The molecule has 1 unspecified atom stereocenters. The molecular weight excluding hydrogens is 236 g/mol. The molecule has 1 aromatic rings. The summed E-state index contributed by atoms with van der Waals surface area (Å²) in [6.45, 7) is 6.63. The lowest BCUT2D eigenvalue weighted by Gasteiger charge is -2.13. The highest BCUT2D eigenvalue weighted by molar-refractivity contribution is 9.09. The van der Waals surface area contributed by atoms with Gasteiger partial charge in [-0.15, -0.1) is 0 Å². The van der Waals surface area contributed by atoms with Gasteiger partial charge in [0.25, 0.3) is 0 Å².